The van der Waals surface area contributed by atoms with E-state index in [0.29, 0.717) is 34.4 Å². The van der Waals surface area contributed by atoms with Crippen molar-refractivity contribution in [2.24, 2.45) is 0 Å². The molecule has 0 radical (unpaired) electrons. The van der Waals surface area contributed by atoms with Gasteiger partial charge in [-0.25, -0.2) is 9.18 Å². The van der Waals surface area contributed by atoms with Gasteiger partial charge in [-0.05, 0) is 83.7 Å². The number of carbonyl (C=O) groups excluding carboxylic acids is 1. The number of hydrogen-bond acceptors (Lipinski definition) is 4. The van der Waals surface area contributed by atoms with E-state index in [0.717, 1.165) is 17.1 Å². The predicted molar refractivity (Wildman–Crippen MR) is 154 cm³/mol. The van der Waals surface area contributed by atoms with Crippen molar-refractivity contribution in [3.05, 3.63) is 82.2 Å². The molecule has 1 fully saturated rings. The van der Waals surface area contributed by atoms with Crippen LogP contribution in [0.1, 0.15) is 74.0 Å². The van der Waals surface area contributed by atoms with Gasteiger partial charge in [-0.1, -0.05) is 26.8 Å². The van der Waals surface area contributed by atoms with E-state index < -0.39 is 53.1 Å². The van der Waals surface area contributed by atoms with Crippen molar-refractivity contribution in [2.75, 3.05) is 12.9 Å². The number of cyclic esters (lactones) is 1. The highest BCUT2D eigenvalue weighted by Gasteiger charge is 2.43. The molecule has 3 aromatic rings. The third kappa shape index (κ3) is 7.11. The fourth-order valence-corrected chi connectivity index (χ4v) is 5.98. The van der Waals surface area contributed by atoms with E-state index in [1.807, 2.05) is 39.0 Å². The Morgan fingerprint density at radius 2 is 1.59 bits per heavy atom. The molecule has 1 heterocycles. The summed E-state index contributed by atoms with van der Waals surface area (Å²) in [6.45, 7) is 7.15. The Morgan fingerprint density at radius 1 is 0.955 bits per heavy atom. The lowest BCUT2D eigenvalue weighted by Crippen LogP contribution is -2.31. The fraction of sp³-hybridized carbons (Fsp3) is 0.406. The highest BCUT2D eigenvalue weighted by atomic mass is 32.2. The Labute approximate surface area is 255 Å². The number of rotatable bonds is 9. The van der Waals surface area contributed by atoms with Crippen LogP contribution in [0, 0.1) is 5.82 Å². The van der Waals surface area contributed by atoms with E-state index >= 15 is 0 Å². The first kappa shape index (κ1) is 33.5. The molecule has 4 rings (SSSR count). The van der Waals surface area contributed by atoms with Crippen molar-refractivity contribution in [3.63, 3.8) is 0 Å². The molecule has 1 aliphatic rings. The van der Waals surface area contributed by atoms with Crippen LogP contribution in [-0.4, -0.2) is 29.9 Å². The van der Waals surface area contributed by atoms with E-state index in [4.69, 9.17) is 9.47 Å². The lowest BCUT2D eigenvalue weighted by atomic mass is 9.93. The van der Waals surface area contributed by atoms with Crippen LogP contribution in [0.3, 0.4) is 0 Å². The van der Waals surface area contributed by atoms with Gasteiger partial charge < -0.3 is 9.47 Å². The van der Waals surface area contributed by atoms with Crippen LogP contribution in [0.5, 0.6) is 5.75 Å². The zero-order chi connectivity index (χ0) is 32.6. The summed E-state index contributed by atoms with van der Waals surface area (Å²) < 4.78 is 107. The van der Waals surface area contributed by atoms with Gasteiger partial charge in [0.15, 0.2) is 0 Å². The maximum absolute atomic E-state index is 14.8. The normalized spacial score (nSPS) is 17.4. The highest BCUT2D eigenvalue weighted by molar-refractivity contribution is 7.99. The molecule has 12 heteroatoms. The smallest absolute Gasteiger partial charge is 0.416 e. The number of halogens is 7. The molecule has 2 atom stereocenters. The number of methoxy groups -OCH3 is 1. The standard InChI is InChI=1S/C32H32F7NO3S/c1-6-9-44-23-7-8-24(26-14-25(17(2)3)27(33)15-28(26)42-5)20(12-23)16-40-18(4)29(43-30(40)41)19-10-21(31(34,35)36)13-22(11-19)32(37,38)39/h7-8,10-15,17-18,29H,6,9,16H2,1-5H3/t18?,29-/m1/s1. The summed E-state index contributed by atoms with van der Waals surface area (Å²) in [4.78, 5) is 15.3. The van der Waals surface area contributed by atoms with Gasteiger partial charge in [-0.15, -0.1) is 11.8 Å². The lowest BCUT2D eigenvalue weighted by molar-refractivity contribution is -0.143. The molecule has 1 amide bonds. The molecule has 238 valence electrons. The van der Waals surface area contributed by atoms with Crippen LogP contribution in [0.15, 0.2) is 53.4 Å². The zero-order valence-corrected chi connectivity index (χ0v) is 25.5. The van der Waals surface area contributed by atoms with Crippen LogP contribution in [-0.2, 0) is 23.6 Å². The second-order valence-electron chi connectivity index (χ2n) is 10.9. The van der Waals surface area contributed by atoms with Crippen LogP contribution >= 0.6 is 11.8 Å². The van der Waals surface area contributed by atoms with Crippen molar-refractivity contribution >= 4 is 17.9 Å². The van der Waals surface area contributed by atoms with E-state index in [1.54, 1.807) is 17.8 Å². The largest absolute Gasteiger partial charge is 0.496 e. The fourth-order valence-electron chi connectivity index (χ4n) is 5.15. The van der Waals surface area contributed by atoms with Gasteiger partial charge >= 0.3 is 18.4 Å². The van der Waals surface area contributed by atoms with E-state index in [9.17, 15) is 35.5 Å². The first-order valence-corrected chi connectivity index (χ1v) is 14.9. The van der Waals surface area contributed by atoms with Crippen molar-refractivity contribution in [3.8, 4) is 16.9 Å². The Bertz CT molecular complexity index is 1490. The van der Waals surface area contributed by atoms with Gasteiger partial charge in [0.05, 0.1) is 30.8 Å². The summed E-state index contributed by atoms with van der Waals surface area (Å²) in [7, 11) is 1.41. The summed E-state index contributed by atoms with van der Waals surface area (Å²) in [6.07, 6.45) is -11.5. The number of amides is 1. The minimum atomic E-state index is -5.05. The van der Waals surface area contributed by atoms with Gasteiger partial charge in [-0.3, -0.25) is 4.90 Å². The van der Waals surface area contributed by atoms with Crippen LogP contribution < -0.4 is 4.74 Å². The summed E-state index contributed by atoms with van der Waals surface area (Å²) in [6, 6.07) is 8.85. The molecule has 1 aliphatic heterocycles. The van der Waals surface area contributed by atoms with E-state index in [1.165, 1.54) is 25.0 Å². The molecule has 44 heavy (non-hydrogen) atoms. The molecule has 0 aliphatic carbocycles. The molecular formula is C32H32F7NO3S. The third-order valence-corrected chi connectivity index (χ3v) is 8.65. The zero-order valence-electron chi connectivity index (χ0n) is 24.7. The van der Waals surface area contributed by atoms with Gasteiger partial charge in [0.1, 0.15) is 17.7 Å². The number of alkyl halides is 6. The van der Waals surface area contributed by atoms with E-state index in [-0.39, 0.29) is 24.3 Å². The number of thioether (sulfide) groups is 1. The number of ether oxygens (including phenoxy) is 2. The quantitative estimate of drug-likeness (QED) is 0.172. The van der Waals surface area contributed by atoms with Gasteiger partial charge in [0.2, 0.25) is 0 Å². The summed E-state index contributed by atoms with van der Waals surface area (Å²) in [5, 5.41) is 0. The minimum absolute atomic E-state index is 0.0376. The first-order chi connectivity index (χ1) is 20.5. The number of carbonyl (C=O) groups is 1. The molecule has 0 bridgehead atoms. The minimum Gasteiger partial charge on any atom is -0.496 e. The first-order valence-electron chi connectivity index (χ1n) is 13.9. The molecule has 1 saturated heterocycles. The Balaban J connectivity index is 1.78. The van der Waals surface area contributed by atoms with Crippen molar-refractivity contribution < 1.29 is 45.0 Å². The maximum atomic E-state index is 14.8. The summed E-state index contributed by atoms with van der Waals surface area (Å²) in [5.41, 5.74) is -1.11. The molecule has 0 spiro atoms. The molecule has 4 nitrogen and oxygen atoms in total. The van der Waals surface area contributed by atoms with Crippen LogP contribution in [0.2, 0.25) is 0 Å². The van der Waals surface area contributed by atoms with Crippen LogP contribution in [0.25, 0.3) is 11.1 Å². The Morgan fingerprint density at radius 3 is 2.14 bits per heavy atom. The van der Waals surface area contributed by atoms with Crippen molar-refractivity contribution in [2.45, 2.75) is 76.0 Å². The van der Waals surface area contributed by atoms with Crippen molar-refractivity contribution in [1.82, 2.24) is 4.90 Å². The molecule has 3 aromatic carbocycles. The lowest BCUT2D eigenvalue weighted by Gasteiger charge is -2.24. The second kappa shape index (κ2) is 12.9. The average molecular weight is 644 g/mol. The van der Waals surface area contributed by atoms with Crippen LogP contribution in [0.4, 0.5) is 35.5 Å². The van der Waals surface area contributed by atoms with Gasteiger partial charge in [0, 0.05) is 16.5 Å². The topological polar surface area (TPSA) is 38.8 Å². The summed E-state index contributed by atoms with van der Waals surface area (Å²) in [5.74, 6) is 0.500. The Hall–Kier alpha value is -3.41. The monoisotopic (exact) mass is 643 g/mol. The predicted octanol–water partition coefficient (Wildman–Crippen LogP) is 10.2. The number of nitrogens with zero attached hydrogens (tertiary/aromatic N) is 1. The maximum Gasteiger partial charge on any atom is 0.416 e. The highest BCUT2D eigenvalue weighted by Crippen LogP contribution is 2.43. The molecule has 0 aromatic heterocycles. The second-order valence-corrected chi connectivity index (χ2v) is 12.1. The van der Waals surface area contributed by atoms with Gasteiger partial charge in [0.25, 0.3) is 0 Å². The molecule has 1 unspecified atom stereocenters. The number of hydrogen-bond donors (Lipinski definition) is 0. The third-order valence-electron chi connectivity index (χ3n) is 7.45. The van der Waals surface area contributed by atoms with Crippen molar-refractivity contribution in [1.29, 1.82) is 0 Å². The Kier molecular flexibility index (Phi) is 9.82. The number of benzene rings is 3. The van der Waals surface area contributed by atoms with Gasteiger partial charge in [-0.2, -0.15) is 26.3 Å². The SMILES string of the molecule is CCCSc1ccc(-c2cc(C(C)C)c(F)cc2OC)c(CN2C(=O)O[C@@H](c3cc(C(F)(F)F)cc(C(F)(F)F)c3)C2C)c1. The summed E-state index contributed by atoms with van der Waals surface area (Å²) >= 11 is 1.58. The molecular weight excluding hydrogens is 611 g/mol. The average Bonchev–Trinajstić information content (AvgIpc) is 3.23. The molecule has 0 saturated carbocycles. The van der Waals surface area contributed by atoms with E-state index in [2.05, 4.69) is 0 Å². The molecule has 0 N–H and O–H groups in total.